The van der Waals surface area contributed by atoms with Crippen LogP contribution in [0.4, 0.5) is 5.13 Å². The number of carboxylic acids is 1. The number of nitrogens with zero attached hydrogens (tertiary/aromatic N) is 3. The van der Waals surface area contributed by atoms with Gasteiger partial charge in [-0.1, -0.05) is 18.0 Å². The van der Waals surface area contributed by atoms with Crippen LogP contribution in [-0.4, -0.2) is 83.2 Å². The third kappa shape index (κ3) is 6.30. The lowest BCUT2D eigenvalue weighted by molar-refractivity contribution is -0.161. The van der Waals surface area contributed by atoms with Crippen molar-refractivity contribution in [2.45, 2.75) is 71.1 Å². The van der Waals surface area contributed by atoms with Crippen molar-refractivity contribution in [3.8, 4) is 0 Å². The van der Waals surface area contributed by atoms with Crippen LogP contribution in [0.2, 0.25) is 0 Å². The lowest BCUT2D eigenvalue weighted by Crippen LogP contribution is -2.71. The average molecular weight is 590 g/mol. The van der Waals surface area contributed by atoms with Crippen LogP contribution in [0.25, 0.3) is 0 Å². The van der Waals surface area contributed by atoms with Gasteiger partial charge in [-0.15, -0.1) is 11.3 Å². The third-order valence-electron chi connectivity index (χ3n) is 6.48. The first-order valence-corrected chi connectivity index (χ1v) is 14.3. The quantitative estimate of drug-likeness (QED) is 0.131. The minimum Gasteiger partial charge on any atom is -0.478 e. The predicted octanol–water partition coefficient (Wildman–Crippen LogP) is 0.410. The molecule has 3 rings (SSSR count). The molecule has 2 fully saturated rings. The molecule has 0 radical (unpaired) electrons. The molecule has 2 aliphatic rings. The van der Waals surface area contributed by atoms with Gasteiger partial charge in [0.15, 0.2) is 10.8 Å². The Morgan fingerprint density at radius 3 is 2.49 bits per heavy atom. The Balaban J connectivity index is 1.72. The van der Waals surface area contributed by atoms with Crippen molar-refractivity contribution >= 4 is 56.2 Å². The molecule has 1 saturated heterocycles. The van der Waals surface area contributed by atoms with Crippen molar-refractivity contribution < 1.29 is 46.5 Å². The Bertz CT molecular complexity index is 1270. The molecule has 1 aromatic heterocycles. The number of nitrogen functional groups attached to an aromatic ring is 1. The number of ether oxygens (including phenoxy) is 1. The highest BCUT2D eigenvalue weighted by Gasteiger charge is 2.54. The second-order valence-electron chi connectivity index (χ2n) is 9.67. The number of aliphatic carboxylic acids is 1. The number of anilines is 1. The maximum Gasteiger partial charge on any atom is 0.365 e. The maximum atomic E-state index is 13.0. The van der Waals surface area contributed by atoms with Gasteiger partial charge in [0.2, 0.25) is 5.60 Å². The number of aromatic nitrogens is 1. The molecule has 2 atom stereocenters. The number of amides is 2. The number of oxime groups is 1. The van der Waals surface area contributed by atoms with Crippen LogP contribution in [0.15, 0.2) is 10.5 Å². The molecule has 0 unspecified atom stereocenters. The second-order valence-corrected chi connectivity index (χ2v) is 12.0. The van der Waals surface area contributed by atoms with Gasteiger partial charge in [0.05, 0.1) is 24.7 Å². The van der Waals surface area contributed by atoms with Crippen LogP contribution in [0.5, 0.6) is 0 Å². The highest BCUT2D eigenvalue weighted by molar-refractivity contribution is 7.85. The van der Waals surface area contributed by atoms with E-state index in [0.29, 0.717) is 30.0 Å². The lowest BCUT2D eigenvalue weighted by Gasteiger charge is -2.43. The number of hydrogen-bond donors (Lipinski definition) is 3. The number of carboxylic acid groups (broad SMARTS) is 1. The summed E-state index contributed by atoms with van der Waals surface area (Å²) in [7, 11) is -4.60. The fraction of sp³-hybridized carbons (Fsp3) is 0.636. The van der Waals surface area contributed by atoms with Crippen LogP contribution in [0.3, 0.4) is 0 Å². The Hall–Kier alpha value is -3.31. The van der Waals surface area contributed by atoms with E-state index in [1.54, 1.807) is 6.92 Å². The third-order valence-corrected chi connectivity index (χ3v) is 8.56. The SMILES string of the molecule is CCOC(=O)C1(COS(=O)(=O)N2C(=O)[C@@H](NC(=O)/C(=N/OC(C)(C)C(=O)O)c3csc(N)n3)[C@@H]2C)CCCC1. The summed E-state index contributed by atoms with van der Waals surface area (Å²) < 4.78 is 36.5. The molecule has 2 heterocycles. The first kappa shape index (κ1) is 30.2. The zero-order valence-electron chi connectivity index (χ0n) is 21.8. The smallest absolute Gasteiger partial charge is 0.365 e. The molecule has 216 valence electrons. The van der Waals surface area contributed by atoms with E-state index in [1.807, 2.05) is 0 Å². The summed E-state index contributed by atoms with van der Waals surface area (Å²) in [6.07, 6.45) is 2.20. The van der Waals surface area contributed by atoms with E-state index in [0.717, 1.165) is 11.3 Å². The monoisotopic (exact) mass is 589 g/mol. The largest absolute Gasteiger partial charge is 0.478 e. The number of nitrogens with one attached hydrogen (secondary N) is 1. The molecule has 15 nitrogen and oxygen atoms in total. The standard InChI is InChI=1S/C22H31N5O10S2/c1-5-35-19(32)22(8-6-7-9-22)11-36-39(33,34)27-12(2)14(17(27)29)25-16(28)15(13-10-38-20(23)24-13)26-37-21(3,4)18(30)31/h10,12,14H,5-9,11H2,1-4H3,(H2,23,24)(H,25,28)(H,30,31)/b26-15+/t12-,14-/m0/s1. The number of esters is 1. The topological polar surface area (TPSA) is 217 Å². The fourth-order valence-electron chi connectivity index (χ4n) is 4.09. The molecule has 1 saturated carbocycles. The number of carbonyl (C=O) groups excluding carboxylic acids is 3. The molecule has 0 aromatic carbocycles. The second kappa shape index (κ2) is 11.4. The van der Waals surface area contributed by atoms with Gasteiger partial charge in [-0.3, -0.25) is 18.6 Å². The molecule has 17 heteroatoms. The van der Waals surface area contributed by atoms with Crippen molar-refractivity contribution in [2.75, 3.05) is 18.9 Å². The number of carbonyl (C=O) groups is 4. The van der Waals surface area contributed by atoms with Gasteiger partial charge in [-0.2, -0.15) is 8.42 Å². The van der Waals surface area contributed by atoms with Crippen molar-refractivity contribution in [3.05, 3.63) is 11.1 Å². The van der Waals surface area contributed by atoms with E-state index < -0.39 is 69.5 Å². The molecule has 2 amide bonds. The summed E-state index contributed by atoms with van der Waals surface area (Å²) in [4.78, 5) is 58.6. The van der Waals surface area contributed by atoms with E-state index in [9.17, 15) is 32.7 Å². The predicted molar refractivity (Wildman–Crippen MR) is 137 cm³/mol. The van der Waals surface area contributed by atoms with Crippen LogP contribution >= 0.6 is 11.3 Å². The summed E-state index contributed by atoms with van der Waals surface area (Å²) in [5.41, 5.74) is 2.22. The van der Waals surface area contributed by atoms with Crippen LogP contribution in [0.1, 0.15) is 59.1 Å². The summed E-state index contributed by atoms with van der Waals surface area (Å²) >= 11 is 0.984. The Labute approximate surface area is 228 Å². The van der Waals surface area contributed by atoms with Gasteiger partial charge in [0.1, 0.15) is 11.7 Å². The summed E-state index contributed by atoms with van der Waals surface area (Å²) in [6, 6.07) is -2.33. The van der Waals surface area contributed by atoms with Crippen molar-refractivity contribution in [2.24, 2.45) is 10.6 Å². The first-order valence-electron chi connectivity index (χ1n) is 12.1. The van der Waals surface area contributed by atoms with Crippen molar-refractivity contribution in [3.63, 3.8) is 0 Å². The minimum atomic E-state index is -4.60. The number of β-lactam (4-membered cyclic amide) rings is 1. The van der Waals surface area contributed by atoms with E-state index in [-0.39, 0.29) is 17.4 Å². The maximum absolute atomic E-state index is 13.0. The summed E-state index contributed by atoms with van der Waals surface area (Å²) in [6.45, 7) is 5.11. The Morgan fingerprint density at radius 2 is 1.97 bits per heavy atom. The molecular weight excluding hydrogens is 558 g/mol. The van der Waals surface area contributed by atoms with Gasteiger partial charge >= 0.3 is 22.2 Å². The highest BCUT2D eigenvalue weighted by Crippen LogP contribution is 2.40. The fourth-order valence-corrected chi connectivity index (χ4v) is 5.99. The van der Waals surface area contributed by atoms with Gasteiger partial charge in [0, 0.05) is 5.38 Å². The summed E-state index contributed by atoms with van der Waals surface area (Å²) in [5.74, 6) is -3.85. The van der Waals surface area contributed by atoms with Crippen LogP contribution in [-0.2, 0) is 43.2 Å². The van der Waals surface area contributed by atoms with Crippen LogP contribution in [0, 0.1) is 5.41 Å². The molecule has 0 bridgehead atoms. The van der Waals surface area contributed by atoms with E-state index in [1.165, 1.54) is 26.2 Å². The number of hydrogen-bond acceptors (Lipinski definition) is 13. The zero-order chi connectivity index (χ0) is 29.2. The number of nitrogens with two attached hydrogens (primary N) is 1. The molecule has 4 N–H and O–H groups in total. The zero-order valence-corrected chi connectivity index (χ0v) is 23.5. The average Bonchev–Trinajstić information content (AvgIpc) is 3.51. The molecule has 1 aromatic rings. The molecule has 1 aliphatic carbocycles. The van der Waals surface area contributed by atoms with Crippen LogP contribution < -0.4 is 11.1 Å². The van der Waals surface area contributed by atoms with Gasteiger partial charge in [0.25, 0.3) is 11.8 Å². The first-order chi connectivity index (χ1) is 18.1. The Morgan fingerprint density at radius 1 is 1.33 bits per heavy atom. The highest BCUT2D eigenvalue weighted by atomic mass is 32.2. The molecule has 39 heavy (non-hydrogen) atoms. The normalized spacial score (nSPS) is 21.3. The van der Waals surface area contributed by atoms with Gasteiger partial charge in [-0.25, -0.2) is 14.1 Å². The minimum absolute atomic E-state index is 0.0377. The van der Waals surface area contributed by atoms with E-state index in [2.05, 4.69) is 15.5 Å². The lowest BCUT2D eigenvalue weighted by atomic mass is 9.87. The molecule has 1 aliphatic heterocycles. The number of thiazole rings is 1. The van der Waals surface area contributed by atoms with Gasteiger partial charge in [-0.05, 0) is 40.5 Å². The van der Waals surface area contributed by atoms with E-state index in [4.69, 9.17) is 19.5 Å². The van der Waals surface area contributed by atoms with Crippen molar-refractivity contribution in [1.82, 2.24) is 14.6 Å². The Kier molecular flexibility index (Phi) is 8.86. The number of rotatable bonds is 12. The molecular formula is C22H31N5O10S2. The van der Waals surface area contributed by atoms with E-state index >= 15 is 0 Å². The van der Waals surface area contributed by atoms with Gasteiger partial charge < -0.3 is 25.7 Å². The molecule has 0 spiro atoms. The summed E-state index contributed by atoms with van der Waals surface area (Å²) in [5, 5.41) is 16.7. The van der Waals surface area contributed by atoms with Crippen molar-refractivity contribution in [1.29, 1.82) is 0 Å².